The van der Waals surface area contributed by atoms with E-state index in [4.69, 9.17) is 9.47 Å². The number of likely N-dealkylation sites (tertiary alicyclic amines) is 1. The molecule has 1 saturated carbocycles. The van der Waals surface area contributed by atoms with Crippen molar-refractivity contribution in [1.82, 2.24) is 15.5 Å². The molecule has 1 aliphatic carbocycles. The zero-order valence-electron chi connectivity index (χ0n) is 17.9. The Morgan fingerprint density at radius 3 is 2.59 bits per heavy atom. The molecule has 2 N–H and O–H groups in total. The first-order valence-electron chi connectivity index (χ1n) is 11.2. The summed E-state index contributed by atoms with van der Waals surface area (Å²) in [5.41, 5.74) is 0. The fourth-order valence-corrected chi connectivity index (χ4v) is 4.43. The maximum Gasteiger partial charge on any atom is 0.306 e. The summed E-state index contributed by atoms with van der Waals surface area (Å²) < 4.78 is 11.0. The van der Waals surface area contributed by atoms with Crippen molar-refractivity contribution in [2.75, 3.05) is 46.4 Å². The fraction of sp³-hybridized carbons (Fsp3) is 0.905. The lowest BCUT2D eigenvalue weighted by Gasteiger charge is -2.34. The van der Waals surface area contributed by atoms with Crippen LogP contribution in [0.4, 0.5) is 0 Å². The fourth-order valence-electron chi connectivity index (χ4n) is 4.43. The molecule has 1 unspecified atom stereocenters. The van der Waals surface area contributed by atoms with Crippen molar-refractivity contribution < 1.29 is 14.3 Å². The molecule has 2 saturated heterocycles. The molecule has 0 aromatic rings. The average molecular weight is 522 g/mol. The van der Waals surface area contributed by atoms with Gasteiger partial charge >= 0.3 is 5.97 Å². The third-order valence-electron chi connectivity index (χ3n) is 6.14. The molecule has 29 heavy (non-hydrogen) atoms. The van der Waals surface area contributed by atoms with Crippen LogP contribution in [0.5, 0.6) is 0 Å². The minimum atomic E-state index is -0.0586. The van der Waals surface area contributed by atoms with Gasteiger partial charge in [-0.1, -0.05) is 0 Å². The molecule has 0 bridgehead atoms. The third-order valence-corrected chi connectivity index (χ3v) is 6.14. The first-order valence-corrected chi connectivity index (χ1v) is 11.2. The van der Waals surface area contributed by atoms with Crippen molar-refractivity contribution in [3.05, 3.63) is 0 Å². The highest BCUT2D eigenvalue weighted by atomic mass is 127. The van der Waals surface area contributed by atoms with Crippen molar-refractivity contribution in [1.29, 1.82) is 0 Å². The first-order chi connectivity index (χ1) is 13.7. The normalized spacial score (nSPS) is 24.3. The number of guanidine groups is 1. The van der Waals surface area contributed by atoms with E-state index in [0.717, 1.165) is 76.8 Å². The van der Waals surface area contributed by atoms with Crippen LogP contribution in [0.1, 0.15) is 57.8 Å². The van der Waals surface area contributed by atoms with E-state index < -0.39 is 0 Å². The molecule has 3 aliphatic rings. The number of esters is 1. The molecular weight excluding hydrogens is 483 g/mol. The van der Waals surface area contributed by atoms with Gasteiger partial charge in [0.05, 0.1) is 6.61 Å². The Hall–Kier alpha value is -0.610. The summed E-state index contributed by atoms with van der Waals surface area (Å²) in [5, 5.41) is 6.87. The molecule has 0 aromatic carbocycles. The smallest absolute Gasteiger partial charge is 0.306 e. The van der Waals surface area contributed by atoms with Gasteiger partial charge in [-0.2, -0.15) is 0 Å². The summed E-state index contributed by atoms with van der Waals surface area (Å²) in [6.45, 7) is 6.05. The van der Waals surface area contributed by atoms with E-state index in [9.17, 15) is 4.79 Å². The molecule has 0 aromatic heterocycles. The third kappa shape index (κ3) is 8.96. The van der Waals surface area contributed by atoms with Crippen LogP contribution in [0.15, 0.2) is 4.99 Å². The Balaban J connectivity index is 0.00000300. The predicted molar refractivity (Wildman–Crippen MR) is 126 cm³/mol. The van der Waals surface area contributed by atoms with Crippen LogP contribution in [0.3, 0.4) is 0 Å². The Labute approximate surface area is 192 Å². The number of aliphatic imine (C=N–C) groups is 1. The molecular formula is C21H39IN4O3. The van der Waals surface area contributed by atoms with Crippen molar-refractivity contribution in [3.8, 4) is 0 Å². The van der Waals surface area contributed by atoms with Crippen molar-refractivity contribution in [2.24, 2.45) is 10.9 Å². The van der Waals surface area contributed by atoms with E-state index in [1.165, 1.54) is 25.8 Å². The first kappa shape index (κ1) is 24.7. The lowest BCUT2D eigenvalue weighted by Crippen LogP contribution is -2.49. The summed E-state index contributed by atoms with van der Waals surface area (Å²) in [6, 6.07) is 0.467. The van der Waals surface area contributed by atoms with Crippen LogP contribution in [0.25, 0.3) is 0 Å². The number of hydrogen-bond donors (Lipinski definition) is 2. The molecule has 3 fully saturated rings. The Morgan fingerprint density at radius 2 is 1.93 bits per heavy atom. The maximum atomic E-state index is 11.9. The molecule has 2 aliphatic heterocycles. The summed E-state index contributed by atoms with van der Waals surface area (Å²) in [6.07, 6.45) is 9.36. The summed E-state index contributed by atoms with van der Waals surface area (Å²) in [5.74, 6) is 1.50. The summed E-state index contributed by atoms with van der Waals surface area (Å²) >= 11 is 0. The molecule has 168 valence electrons. The van der Waals surface area contributed by atoms with Crippen molar-refractivity contribution in [2.45, 2.75) is 69.9 Å². The molecule has 7 nitrogen and oxygen atoms in total. The van der Waals surface area contributed by atoms with E-state index >= 15 is 0 Å². The number of piperidine rings is 1. The second-order valence-corrected chi connectivity index (χ2v) is 8.45. The number of carbonyl (C=O) groups excluding carboxylic acids is 1. The van der Waals surface area contributed by atoms with Crippen LogP contribution in [0, 0.1) is 5.92 Å². The van der Waals surface area contributed by atoms with Gasteiger partial charge < -0.3 is 25.0 Å². The van der Waals surface area contributed by atoms with Gasteiger partial charge in [0.15, 0.2) is 5.96 Å². The van der Waals surface area contributed by atoms with E-state index in [2.05, 4.69) is 20.5 Å². The number of ether oxygens (including phenoxy) is 2. The monoisotopic (exact) mass is 522 g/mol. The van der Waals surface area contributed by atoms with Gasteiger partial charge in [-0.05, 0) is 57.3 Å². The zero-order valence-corrected chi connectivity index (χ0v) is 20.2. The van der Waals surface area contributed by atoms with Gasteiger partial charge in [-0.3, -0.25) is 9.79 Å². The Bertz CT molecular complexity index is 500. The second kappa shape index (κ2) is 13.6. The average Bonchev–Trinajstić information content (AvgIpc) is 3.40. The number of rotatable bonds is 8. The number of hydrogen-bond acceptors (Lipinski definition) is 5. The van der Waals surface area contributed by atoms with Gasteiger partial charge in [-0.15, -0.1) is 24.0 Å². The number of nitrogens with zero attached hydrogens (tertiary/aromatic N) is 2. The lowest BCUT2D eigenvalue weighted by atomic mass is 10.0. The second-order valence-electron chi connectivity index (χ2n) is 8.45. The van der Waals surface area contributed by atoms with Gasteiger partial charge in [0.2, 0.25) is 0 Å². The van der Waals surface area contributed by atoms with Gasteiger partial charge in [-0.25, -0.2) is 0 Å². The van der Waals surface area contributed by atoms with E-state index in [1.54, 1.807) is 7.05 Å². The molecule has 8 heteroatoms. The van der Waals surface area contributed by atoms with Crippen LogP contribution in [-0.4, -0.2) is 75.4 Å². The molecule has 0 amide bonds. The minimum Gasteiger partial charge on any atom is -0.462 e. The number of nitrogens with one attached hydrogen (secondary N) is 2. The Morgan fingerprint density at radius 1 is 1.17 bits per heavy atom. The van der Waals surface area contributed by atoms with E-state index in [1.807, 2.05) is 0 Å². The highest BCUT2D eigenvalue weighted by Crippen LogP contribution is 2.21. The topological polar surface area (TPSA) is 75.2 Å². The van der Waals surface area contributed by atoms with Gasteiger partial charge in [0.1, 0.15) is 6.10 Å². The molecule has 3 rings (SSSR count). The summed E-state index contributed by atoms with van der Waals surface area (Å²) in [4.78, 5) is 18.8. The van der Waals surface area contributed by atoms with Crippen molar-refractivity contribution in [3.63, 3.8) is 0 Å². The van der Waals surface area contributed by atoms with E-state index in [-0.39, 0.29) is 36.0 Å². The maximum absolute atomic E-state index is 11.9. The largest absolute Gasteiger partial charge is 0.462 e. The van der Waals surface area contributed by atoms with Gasteiger partial charge in [0.25, 0.3) is 0 Å². The SMILES string of the molecule is CN=C(NCCCC(=O)OC1CCCC1)NC1CCN(CC2CCOC2)CC1.I. The van der Waals surface area contributed by atoms with Gasteiger partial charge in [0, 0.05) is 52.3 Å². The van der Waals surface area contributed by atoms with E-state index in [0.29, 0.717) is 12.5 Å². The van der Waals surface area contributed by atoms with Crippen LogP contribution in [0.2, 0.25) is 0 Å². The van der Waals surface area contributed by atoms with Crippen LogP contribution in [-0.2, 0) is 14.3 Å². The highest BCUT2D eigenvalue weighted by Gasteiger charge is 2.24. The van der Waals surface area contributed by atoms with Crippen molar-refractivity contribution >= 4 is 35.9 Å². The van der Waals surface area contributed by atoms with Crippen LogP contribution >= 0.6 is 24.0 Å². The molecule has 1 atom stereocenters. The standard InChI is InChI=1S/C21H38N4O3.HI/c1-22-21(23-11-4-7-20(26)28-19-5-2-3-6-19)24-18-8-12-25(13-9-18)15-17-10-14-27-16-17;/h17-19H,2-16H2,1H3,(H2,22,23,24);1H. The predicted octanol–water partition coefficient (Wildman–Crippen LogP) is 2.54. The summed E-state index contributed by atoms with van der Waals surface area (Å²) in [7, 11) is 1.80. The molecule has 0 radical (unpaired) electrons. The van der Waals surface area contributed by atoms with Crippen LogP contribution < -0.4 is 10.6 Å². The highest BCUT2D eigenvalue weighted by molar-refractivity contribution is 14.0. The zero-order chi connectivity index (χ0) is 19.6. The number of halogens is 1. The quantitative estimate of drug-likeness (QED) is 0.168. The number of carbonyl (C=O) groups is 1. The minimum absolute atomic E-state index is 0. The lowest BCUT2D eigenvalue weighted by molar-refractivity contribution is -0.148. The Kier molecular flexibility index (Phi) is 11.6. The molecule has 2 heterocycles. The molecule has 0 spiro atoms.